The molecule has 0 unspecified atom stereocenters. The van der Waals surface area contributed by atoms with Gasteiger partial charge in [-0.25, -0.2) is 0 Å². The van der Waals surface area contributed by atoms with Crippen molar-refractivity contribution in [3.63, 3.8) is 0 Å². The number of carbonyl (C=O) groups is 1. The van der Waals surface area contributed by atoms with E-state index in [-0.39, 0.29) is 11.7 Å². The van der Waals surface area contributed by atoms with Crippen molar-refractivity contribution >= 4 is 23.4 Å². The second kappa shape index (κ2) is 6.42. The molecule has 2 aromatic rings. The lowest BCUT2D eigenvalue weighted by Crippen LogP contribution is -2.14. The molecule has 1 N–H and O–H groups in total. The second-order valence-electron chi connectivity index (χ2n) is 4.15. The molecule has 1 aromatic heterocycles. The Morgan fingerprint density at radius 3 is 2.60 bits per heavy atom. The van der Waals surface area contributed by atoms with Gasteiger partial charge in [-0.1, -0.05) is 11.8 Å². The van der Waals surface area contributed by atoms with Crippen LogP contribution in [-0.2, 0) is 11.8 Å². The van der Waals surface area contributed by atoms with Gasteiger partial charge in [-0.05, 0) is 31.2 Å². The minimum Gasteiger partial charge on any atom is -0.497 e. The van der Waals surface area contributed by atoms with Crippen molar-refractivity contribution in [2.45, 2.75) is 12.1 Å². The Morgan fingerprint density at radius 2 is 2.05 bits per heavy atom. The van der Waals surface area contributed by atoms with E-state index in [0.29, 0.717) is 0 Å². The number of hydrogen-bond acceptors (Lipinski definition) is 5. The van der Waals surface area contributed by atoms with Crippen LogP contribution in [0, 0.1) is 6.92 Å². The molecule has 106 valence electrons. The average molecular weight is 292 g/mol. The van der Waals surface area contributed by atoms with Crippen LogP contribution in [-0.4, -0.2) is 33.5 Å². The third-order valence-corrected chi connectivity index (χ3v) is 3.78. The average Bonchev–Trinajstić information content (AvgIpc) is 2.77. The molecule has 1 amide bonds. The van der Waals surface area contributed by atoms with Gasteiger partial charge in [-0.2, -0.15) is 0 Å². The molecule has 0 radical (unpaired) electrons. The first kappa shape index (κ1) is 14.4. The third kappa shape index (κ3) is 3.51. The normalized spacial score (nSPS) is 10.3. The fourth-order valence-electron chi connectivity index (χ4n) is 1.51. The van der Waals surface area contributed by atoms with Crippen LogP contribution in [0.25, 0.3) is 0 Å². The van der Waals surface area contributed by atoms with Gasteiger partial charge in [-0.15, -0.1) is 10.2 Å². The summed E-state index contributed by atoms with van der Waals surface area (Å²) in [5, 5.41) is 11.5. The number of nitrogens with one attached hydrogen (secondary N) is 1. The predicted octanol–water partition coefficient (Wildman–Crippen LogP) is 1.86. The smallest absolute Gasteiger partial charge is 0.234 e. The van der Waals surface area contributed by atoms with Crippen molar-refractivity contribution in [1.82, 2.24) is 14.8 Å². The Bertz CT molecular complexity index is 595. The maximum Gasteiger partial charge on any atom is 0.234 e. The monoisotopic (exact) mass is 292 g/mol. The molecule has 0 atom stereocenters. The standard InChI is InChI=1S/C13H16N4O2S/c1-9-15-16-13(17(9)2)20-8-12(18)14-10-4-6-11(19-3)7-5-10/h4-7H,8H2,1-3H3,(H,14,18). The van der Waals surface area contributed by atoms with Crippen LogP contribution in [0.2, 0.25) is 0 Å². The molecule has 0 aliphatic rings. The highest BCUT2D eigenvalue weighted by Gasteiger charge is 2.09. The number of nitrogens with zero attached hydrogens (tertiary/aromatic N) is 3. The Kier molecular flexibility index (Phi) is 4.62. The zero-order chi connectivity index (χ0) is 14.5. The summed E-state index contributed by atoms with van der Waals surface area (Å²) in [6.45, 7) is 1.87. The van der Waals surface area contributed by atoms with Crippen molar-refractivity contribution in [2.75, 3.05) is 18.2 Å². The summed E-state index contributed by atoms with van der Waals surface area (Å²) in [5.74, 6) is 1.79. The Balaban J connectivity index is 1.87. The SMILES string of the molecule is COc1ccc(NC(=O)CSc2nnc(C)n2C)cc1. The largest absolute Gasteiger partial charge is 0.497 e. The van der Waals surface area contributed by atoms with Gasteiger partial charge >= 0.3 is 0 Å². The number of benzene rings is 1. The minimum atomic E-state index is -0.0826. The van der Waals surface area contributed by atoms with Crippen LogP contribution in [0.3, 0.4) is 0 Å². The van der Waals surface area contributed by atoms with Crippen molar-refractivity contribution in [2.24, 2.45) is 7.05 Å². The number of thioether (sulfide) groups is 1. The van der Waals surface area contributed by atoms with Gasteiger partial charge in [0.15, 0.2) is 5.16 Å². The fraction of sp³-hybridized carbons (Fsp3) is 0.308. The number of aryl methyl sites for hydroxylation is 1. The Labute approximate surface area is 121 Å². The van der Waals surface area contributed by atoms with Crippen LogP contribution in [0.4, 0.5) is 5.69 Å². The Hall–Kier alpha value is -2.02. The highest BCUT2D eigenvalue weighted by molar-refractivity contribution is 7.99. The second-order valence-corrected chi connectivity index (χ2v) is 5.10. The molecule has 2 rings (SSSR count). The zero-order valence-electron chi connectivity index (χ0n) is 11.6. The number of carbonyl (C=O) groups excluding carboxylic acids is 1. The van der Waals surface area contributed by atoms with E-state index in [4.69, 9.17) is 4.74 Å². The van der Waals surface area contributed by atoms with E-state index < -0.39 is 0 Å². The number of aromatic nitrogens is 3. The lowest BCUT2D eigenvalue weighted by molar-refractivity contribution is -0.113. The molecule has 20 heavy (non-hydrogen) atoms. The molecule has 0 bridgehead atoms. The predicted molar refractivity (Wildman–Crippen MR) is 78.1 cm³/mol. The molecule has 7 heteroatoms. The number of hydrogen-bond donors (Lipinski definition) is 1. The summed E-state index contributed by atoms with van der Waals surface area (Å²) in [6, 6.07) is 7.20. The first-order valence-corrected chi connectivity index (χ1v) is 7.01. The number of rotatable bonds is 5. The first-order chi connectivity index (χ1) is 9.60. The van der Waals surface area contributed by atoms with Crippen molar-refractivity contribution in [3.8, 4) is 5.75 Å². The van der Waals surface area contributed by atoms with E-state index in [1.54, 1.807) is 31.4 Å². The lowest BCUT2D eigenvalue weighted by Gasteiger charge is -2.06. The van der Waals surface area contributed by atoms with Gasteiger partial charge < -0.3 is 14.6 Å². The van der Waals surface area contributed by atoms with Crippen LogP contribution < -0.4 is 10.1 Å². The lowest BCUT2D eigenvalue weighted by atomic mass is 10.3. The van der Waals surface area contributed by atoms with E-state index in [1.807, 2.05) is 18.5 Å². The van der Waals surface area contributed by atoms with Crippen LogP contribution in [0.1, 0.15) is 5.82 Å². The van der Waals surface area contributed by atoms with E-state index in [1.165, 1.54) is 11.8 Å². The van der Waals surface area contributed by atoms with E-state index in [2.05, 4.69) is 15.5 Å². The summed E-state index contributed by atoms with van der Waals surface area (Å²) < 4.78 is 6.91. The topological polar surface area (TPSA) is 69.0 Å². The molecule has 1 aromatic carbocycles. The number of ether oxygens (including phenoxy) is 1. The van der Waals surface area contributed by atoms with Crippen molar-refractivity contribution in [3.05, 3.63) is 30.1 Å². The van der Waals surface area contributed by atoms with Gasteiger partial charge in [0.05, 0.1) is 12.9 Å². The molecule has 0 aliphatic carbocycles. The summed E-state index contributed by atoms with van der Waals surface area (Å²) in [5.41, 5.74) is 0.741. The quantitative estimate of drug-likeness (QED) is 0.852. The van der Waals surface area contributed by atoms with Crippen molar-refractivity contribution < 1.29 is 9.53 Å². The molecule has 0 spiro atoms. The van der Waals surface area contributed by atoms with Gasteiger partial charge in [0, 0.05) is 12.7 Å². The van der Waals surface area contributed by atoms with Crippen molar-refractivity contribution in [1.29, 1.82) is 0 Å². The Morgan fingerprint density at radius 1 is 1.35 bits per heavy atom. The summed E-state index contributed by atoms with van der Waals surface area (Å²) >= 11 is 1.36. The highest BCUT2D eigenvalue weighted by Crippen LogP contribution is 2.17. The third-order valence-electron chi connectivity index (χ3n) is 2.76. The van der Waals surface area contributed by atoms with E-state index in [9.17, 15) is 4.79 Å². The number of methoxy groups -OCH3 is 1. The molecule has 0 fully saturated rings. The molecule has 0 saturated carbocycles. The van der Waals surface area contributed by atoms with Gasteiger partial charge in [-0.3, -0.25) is 4.79 Å². The van der Waals surface area contributed by atoms with Gasteiger partial charge in [0.2, 0.25) is 5.91 Å². The molecule has 6 nitrogen and oxygen atoms in total. The van der Waals surface area contributed by atoms with Gasteiger partial charge in [0.25, 0.3) is 0 Å². The van der Waals surface area contributed by atoms with Crippen LogP contribution in [0.15, 0.2) is 29.4 Å². The molecular weight excluding hydrogens is 276 g/mol. The molecular formula is C13H16N4O2S. The van der Waals surface area contributed by atoms with Crippen LogP contribution in [0.5, 0.6) is 5.75 Å². The van der Waals surface area contributed by atoms with E-state index >= 15 is 0 Å². The van der Waals surface area contributed by atoms with Gasteiger partial charge in [0.1, 0.15) is 11.6 Å². The van der Waals surface area contributed by atoms with E-state index in [0.717, 1.165) is 22.4 Å². The molecule has 1 heterocycles. The maximum atomic E-state index is 11.8. The molecule has 0 saturated heterocycles. The molecule has 0 aliphatic heterocycles. The fourth-order valence-corrected chi connectivity index (χ4v) is 2.27. The van der Waals surface area contributed by atoms with Crippen LogP contribution >= 0.6 is 11.8 Å². The number of amides is 1. The highest BCUT2D eigenvalue weighted by atomic mass is 32.2. The summed E-state index contributed by atoms with van der Waals surface area (Å²) in [7, 11) is 3.48. The minimum absolute atomic E-state index is 0.0826. The summed E-state index contributed by atoms with van der Waals surface area (Å²) in [6.07, 6.45) is 0. The first-order valence-electron chi connectivity index (χ1n) is 6.03. The summed E-state index contributed by atoms with van der Waals surface area (Å²) in [4.78, 5) is 11.8. The number of anilines is 1. The maximum absolute atomic E-state index is 11.8. The zero-order valence-corrected chi connectivity index (χ0v) is 12.4.